The van der Waals surface area contributed by atoms with Gasteiger partial charge in [-0.2, -0.15) is 0 Å². The van der Waals surface area contributed by atoms with E-state index in [0.717, 1.165) is 272 Å². The molecule has 0 unspecified atom stereocenters. The molecule has 0 aromatic heterocycles. The minimum atomic E-state index is -1.00. The van der Waals surface area contributed by atoms with Crippen molar-refractivity contribution in [3.63, 3.8) is 0 Å². The topological polar surface area (TPSA) is 220 Å². The number of hydrogen-bond donors (Lipinski definition) is 11. The summed E-state index contributed by atoms with van der Waals surface area (Å²) in [5.41, 5.74) is 1.07. The maximum Gasteiger partial charge on any atom is 0.337 e. The Morgan fingerprint density at radius 2 is 0.663 bits per heavy atom. The van der Waals surface area contributed by atoms with E-state index in [0.29, 0.717) is 24.3 Å². The maximum atomic E-state index is 11.6. The Morgan fingerprint density at radius 3 is 0.940 bits per heavy atom. The van der Waals surface area contributed by atoms with Gasteiger partial charge in [-0.15, -0.1) is 0 Å². The van der Waals surface area contributed by atoms with Crippen LogP contribution in [0.1, 0.15) is 34.9 Å². The van der Waals surface area contributed by atoms with E-state index < -0.39 is 7.15 Å². The Labute approximate surface area is 509 Å². The summed E-state index contributed by atoms with van der Waals surface area (Å²) >= 11 is 3.32. The first-order chi connectivity index (χ1) is 41.4. The van der Waals surface area contributed by atoms with Crippen LogP contribution in [-0.4, -0.2) is 319 Å². The van der Waals surface area contributed by atoms with Crippen molar-refractivity contribution in [3.8, 4) is 11.5 Å². The zero-order chi connectivity index (χ0) is 60.0. The van der Waals surface area contributed by atoms with Gasteiger partial charge in [-0.3, -0.25) is 24.0 Å². The summed E-state index contributed by atoms with van der Waals surface area (Å²) in [6, 6.07) is 14.1. The number of fused-ring (bicyclic) bond motifs is 42. The van der Waals surface area contributed by atoms with Crippen LogP contribution in [0.15, 0.2) is 48.5 Å². The Hall–Kier alpha value is -3.25. The van der Waals surface area contributed by atoms with Gasteiger partial charge >= 0.3 is 11.9 Å². The molecule has 24 heteroatoms. The van der Waals surface area contributed by atoms with E-state index in [2.05, 4.69) is 104 Å². The average Bonchev–Trinajstić information content (AvgIpc) is 3.54. The first kappa shape index (κ1) is 72.2. The summed E-state index contributed by atoms with van der Waals surface area (Å²) in [5, 5.41) is 40.6. The molecule has 0 radical (unpaired) electrons. The van der Waals surface area contributed by atoms with E-state index in [4.69, 9.17) is 15.6 Å². The number of esters is 2. The first-order valence-corrected chi connectivity index (χ1v) is 31.9. The van der Waals surface area contributed by atoms with Crippen LogP contribution >= 0.6 is 15.9 Å². The third-order valence-electron chi connectivity index (χ3n) is 14.4. The molecule has 22 nitrogen and oxygen atoms in total. The van der Waals surface area contributed by atoms with Gasteiger partial charge < -0.3 is 82.3 Å². The second kappa shape index (κ2) is 53.0. The van der Waals surface area contributed by atoms with Gasteiger partial charge in [0.25, 0.3) is 0 Å². The summed E-state index contributed by atoms with van der Waals surface area (Å²) in [6.07, 6.45) is 1.91. The Balaban J connectivity index is 0.000000357. The predicted octanol–water partition coefficient (Wildman–Crippen LogP) is -0.499. The number of benzene rings is 2. The summed E-state index contributed by atoms with van der Waals surface area (Å²) in [6.45, 7) is 40.3. The molecule has 8 rings (SSSR count). The summed E-state index contributed by atoms with van der Waals surface area (Å²) < 4.78 is 36.3. The van der Waals surface area contributed by atoms with Crippen molar-refractivity contribution in [1.29, 1.82) is 0 Å². The third kappa shape index (κ3) is 39.2. The van der Waals surface area contributed by atoms with Gasteiger partial charge in [0.05, 0.1) is 47.1 Å². The highest BCUT2D eigenvalue weighted by Crippen LogP contribution is 2.14. The zero-order valence-electron chi connectivity index (χ0n) is 52.0. The van der Waals surface area contributed by atoms with Crippen molar-refractivity contribution in [2.75, 3.05) is 282 Å². The van der Waals surface area contributed by atoms with Crippen LogP contribution in [0.4, 0.5) is 4.39 Å². The van der Waals surface area contributed by atoms with E-state index in [1.807, 2.05) is 12.1 Å². The van der Waals surface area contributed by atoms with Crippen LogP contribution in [0.25, 0.3) is 0 Å². The summed E-state index contributed by atoms with van der Waals surface area (Å²) in [4.78, 5) is 35.6. The van der Waals surface area contributed by atoms with Crippen molar-refractivity contribution < 1.29 is 34.3 Å². The standard InChI is InChI=1S/C29H54N8O3.C18H42N8.C11H13BrO3.CH3F/c1-39-29(38)27-3-5-28(6-4-27)40-26-2-17-35-18-15-34-16-21-36-19-11-30-7-9-32-13-22-37(25-24-35)23-14-33-10-8-31-12-20-36;1-2-20-8-14-26-17-11-23-5-3-21-9-15-25(13-7-19-1)16-10-22-4-6-24-12-18-26;1-14-11(13)9-3-5-10(6-4-9)15-8-2-7-12;1-2/h3-6,30-34H,2,7-26H2,1H3;19-24H,1-18H2;3-6H,2,7-8H2,1H3;1H3/i;;;1D. The van der Waals surface area contributed by atoms with Crippen LogP contribution < -0.4 is 68.0 Å². The van der Waals surface area contributed by atoms with Gasteiger partial charge in [0.15, 0.2) is 0 Å². The monoisotopic (exact) mass is 1240 g/mol. The van der Waals surface area contributed by atoms with Crippen LogP contribution in [0, 0.1) is 0 Å². The highest BCUT2D eigenvalue weighted by molar-refractivity contribution is 9.09. The molecule has 6 aliphatic heterocycles. The molecule has 0 aliphatic carbocycles. The molecular weight excluding hydrogens is 1130 g/mol. The van der Waals surface area contributed by atoms with E-state index >= 15 is 0 Å². The quantitative estimate of drug-likeness (QED) is 0.0777. The van der Waals surface area contributed by atoms with Crippen molar-refractivity contribution >= 4 is 27.9 Å². The molecular formula is C59H112BrFN16O6. The number of ether oxygens (including phenoxy) is 4. The largest absolute Gasteiger partial charge is 0.494 e. The Kier molecular flexibility index (Phi) is 46.1. The minimum Gasteiger partial charge on any atom is -0.494 e. The number of hydrogen-bond acceptors (Lipinski definition) is 22. The fourth-order valence-corrected chi connectivity index (χ4v) is 9.63. The van der Waals surface area contributed by atoms with E-state index in [9.17, 15) is 14.0 Å². The third-order valence-corrected chi connectivity index (χ3v) is 14.9. The van der Waals surface area contributed by atoms with Crippen molar-refractivity contribution in [3.05, 3.63) is 59.7 Å². The van der Waals surface area contributed by atoms with Crippen molar-refractivity contribution in [2.24, 2.45) is 0 Å². The van der Waals surface area contributed by atoms with Gasteiger partial charge in [0.1, 0.15) is 11.5 Å². The Bertz CT molecular complexity index is 1740. The summed E-state index contributed by atoms with van der Waals surface area (Å²) in [7, 11) is 1.76. The lowest BCUT2D eigenvalue weighted by molar-refractivity contribution is 0.0591. The van der Waals surface area contributed by atoms with Gasteiger partial charge in [-0.05, 0) is 61.4 Å². The molecule has 11 N–H and O–H groups in total. The maximum absolute atomic E-state index is 11.6. The normalized spacial score (nSPS) is 23.2. The lowest BCUT2D eigenvalue weighted by Gasteiger charge is -2.29. The number of carbonyl (C=O) groups is 2. The Morgan fingerprint density at radius 1 is 0.410 bits per heavy atom. The van der Waals surface area contributed by atoms with Gasteiger partial charge in [0, 0.05) is 247 Å². The second-order valence-corrected chi connectivity index (χ2v) is 21.4. The number of rotatable bonds is 11. The first-order valence-electron chi connectivity index (χ1n) is 31.5. The van der Waals surface area contributed by atoms with Crippen LogP contribution in [0.5, 0.6) is 11.5 Å². The lowest BCUT2D eigenvalue weighted by Crippen LogP contribution is -2.46. The van der Waals surface area contributed by atoms with Gasteiger partial charge in [-0.25, -0.2) is 9.59 Å². The van der Waals surface area contributed by atoms with Crippen molar-refractivity contribution in [1.82, 2.24) is 83.0 Å². The molecule has 0 saturated carbocycles. The number of halogens is 2. The molecule has 0 spiro atoms. The number of alkyl halides is 2. The van der Waals surface area contributed by atoms with E-state index in [1.54, 1.807) is 36.4 Å². The zero-order valence-corrected chi connectivity index (χ0v) is 52.6. The van der Waals surface area contributed by atoms with E-state index in [-0.39, 0.29) is 11.9 Å². The molecule has 0 atom stereocenters. The highest BCUT2D eigenvalue weighted by atomic mass is 79.9. The van der Waals surface area contributed by atoms with Crippen LogP contribution in [-0.2, 0) is 9.47 Å². The molecule has 6 saturated heterocycles. The molecule has 6 fully saturated rings. The molecule has 478 valence electrons. The second-order valence-electron chi connectivity index (χ2n) is 20.6. The fourth-order valence-electron chi connectivity index (χ4n) is 9.40. The molecule has 6 aliphatic rings. The van der Waals surface area contributed by atoms with Gasteiger partial charge in [-0.1, -0.05) is 15.9 Å². The molecule has 0 amide bonds. The highest BCUT2D eigenvalue weighted by Gasteiger charge is 2.14. The van der Waals surface area contributed by atoms with E-state index in [1.165, 1.54) is 14.2 Å². The lowest BCUT2D eigenvalue weighted by atomic mass is 10.2. The number of methoxy groups -OCH3 is 2. The molecule has 6 heterocycles. The molecule has 83 heavy (non-hydrogen) atoms. The molecule has 2 aromatic carbocycles. The molecule has 2 aromatic rings. The van der Waals surface area contributed by atoms with Crippen LogP contribution in [0.3, 0.4) is 0 Å². The van der Waals surface area contributed by atoms with Crippen molar-refractivity contribution in [2.45, 2.75) is 12.8 Å². The minimum absolute atomic E-state index is 0.329. The van der Waals surface area contributed by atoms with Crippen LogP contribution in [0.2, 0.25) is 0 Å². The number of carbonyl (C=O) groups excluding carboxylic acids is 2. The van der Waals surface area contributed by atoms with Gasteiger partial charge in [0.2, 0.25) is 0 Å². The smallest absolute Gasteiger partial charge is 0.337 e. The number of nitrogens with zero attached hydrogens (tertiary/aromatic N) is 5. The average molecular weight is 1240 g/mol. The predicted molar refractivity (Wildman–Crippen MR) is 340 cm³/mol. The summed E-state index contributed by atoms with van der Waals surface area (Å²) in [5.74, 6) is 0.888. The molecule has 4 bridgehead atoms. The number of nitrogens with one attached hydrogen (secondary N) is 11. The SMILES string of the molecule is C1CNCCN2CCNCCNCCN(CCN1)CCNCCNCC2.COC(=O)c1ccc(OCCCBr)cc1.COC(=O)c1ccc(OCCCN2CCNCCN3CCNCCNCCN(CCNCCNCC3)CC2)cc1.[2H]CF. The fraction of sp³-hybridized carbons (Fsp3) is 0.763.